The summed E-state index contributed by atoms with van der Waals surface area (Å²) in [5.74, 6) is -0.152. The van der Waals surface area contributed by atoms with Gasteiger partial charge in [-0.05, 0) is 30.7 Å². The van der Waals surface area contributed by atoms with Gasteiger partial charge in [0.05, 0.1) is 5.56 Å². The second kappa shape index (κ2) is 6.39. The number of nitrogens with one attached hydrogen (secondary N) is 1. The predicted octanol–water partition coefficient (Wildman–Crippen LogP) is 2.06. The Morgan fingerprint density at radius 3 is 2.33 bits per heavy atom. The van der Waals surface area contributed by atoms with Crippen molar-refractivity contribution in [1.82, 2.24) is 5.32 Å². The minimum Gasteiger partial charge on any atom is -0.352 e. The molecular weight excluding hydrogens is 245 g/mol. The zero-order valence-electron chi connectivity index (χ0n) is 9.76. The van der Waals surface area contributed by atoms with Gasteiger partial charge in [0.25, 0.3) is 0 Å². The van der Waals surface area contributed by atoms with Crippen molar-refractivity contribution >= 4 is 5.91 Å². The number of amides is 1. The van der Waals surface area contributed by atoms with E-state index in [1.807, 2.05) is 0 Å². The normalized spacial score (nSPS) is 11.3. The molecule has 18 heavy (non-hydrogen) atoms. The molecule has 0 saturated heterocycles. The van der Waals surface area contributed by atoms with Gasteiger partial charge in [-0.3, -0.25) is 4.79 Å². The number of rotatable bonds is 5. The molecule has 0 atom stereocenters. The molecule has 0 aliphatic heterocycles. The van der Waals surface area contributed by atoms with Gasteiger partial charge in [0.15, 0.2) is 0 Å². The van der Waals surface area contributed by atoms with Gasteiger partial charge in [0.1, 0.15) is 0 Å². The summed E-state index contributed by atoms with van der Waals surface area (Å²) in [5, 5.41) is 2.62. The third-order valence-corrected chi connectivity index (χ3v) is 2.38. The molecule has 6 heteroatoms. The summed E-state index contributed by atoms with van der Waals surface area (Å²) in [5.41, 5.74) is 5.19. The monoisotopic (exact) mass is 260 g/mol. The lowest BCUT2D eigenvalue weighted by Gasteiger charge is -2.08. The van der Waals surface area contributed by atoms with Crippen LogP contribution in [0.1, 0.15) is 24.0 Å². The molecule has 0 fully saturated rings. The Bertz CT molecular complexity index is 387. The van der Waals surface area contributed by atoms with Crippen molar-refractivity contribution in [2.45, 2.75) is 25.6 Å². The van der Waals surface area contributed by atoms with Crippen molar-refractivity contribution < 1.29 is 18.0 Å². The molecule has 3 N–H and O–H groups in total. The van der Waals surface area contributed by atoms with Crippen molar-refractivity contribution in [3.8, 4) is 0 Å². The van der Waals surface area contributed by atoms with E-state index in [0.29, 0.717) is 24.9 Å². The largest absolute Gasteiger partial charge is 0.416 e. The predicted molar refractivity (Wildman–Crippen MR) is 61.6 cm³/mol. The van der Waals surface area contributed by atoms with Gasteiger partial charge in [-0.15, -0.1) is 0 Å². The van der Waals surface area contributed by atoms with E-state index in [2.05, 4.69) is 5.32 Å². The Kier molecular flexibility index (Phi) is 5.15. The summed E-state index contributed by atoms with van der Waals surface area (Å²) in [4.78, 5) is 11.3. The van der Waals surface area contributed by atoms with Crippen LogP contribution in [0.5, 0.6) is 0 Å². The molecule has 1 amide bonds. The third kappa shape index (κ3) is 4.75. The zero-order chi connectivity index (χ0) is 13.6. The quantitative estimate of drug-likeness (QED) is 0.851. The average molecular weight is 260 g/mol. The van der Waals surface area contributed by atoms with Gasteiger partial charge in [0.2, 0.25) is 5.91 Å². The molecule has 100 valence electrons. The van der Waals surface area contributed by atoms with Crippen molar-refractivity contribution in [1.29, 1.82) is 0 Å². The Labute approximate surface area is 103 Å². The molecule has 0 heterocycles. The molecule has 0 bridgehead atoms. The van der Waals surface area contributed by atoms with Crippen molar-refractivity contribution in [3.63, 3.8) is 0 Å². The molecule has 0 spiro atoms. The van der Waals surface area contributed by atoms with E-state index in [-0.39, 0.29) is 12.5 Å². The number of nitrogens with two attached hydrogens (primary N) is 1. The second-order valence-electron chi connectivity index (χ2n) is 3.86. The van der Waals surface area contributed by atoms with Gasteiger partial charge >= 0.3 is 6.18 Å². The SMILES string of the molecule is NCCCC(=O)NCc1ccc(C(F)(F)F)cc1. The van der Waals surface area contributed by atoms with E-state index in [1.165, 1.54) is 12.1 Å². The van der Waals surface area contributed by atoms with E-state index in [4.69, 9.17) is 5.73 Å². The number of carbonyl (C=O) groups is 1. The fourth-order valence-electron chi connectivity index (χ4n) is 1.36. The molecule has 0 aliphatic rings. The van der Waals surface area contributed by atoms with E-state index >= 15 is 0 Å². The van der Waals surface area contributed by atoms with Crippen molar-refractivity contribution in [2.24, 2.45) is 5.73 Å². The fourth-order valence-corrected chi connectivity index (χ4v) is 1.36. The maximum atomic E-state index is 12.3. The summed E-state index contributed by atoms with van der Waals surface area (Å²) in [6.45, 7) is 0.662. The average Bonchev–Trinajstić information content (AvgIpc) is 2.33. The number of carbonyl (C=O) groups excluding carboxylic acids is 1. The summed E-state index contributed by atoms with van der Waals surface area (Å²) < 4.78 is 36.9. The Morgan fingerprint density at radius 1 is 1.22 bits per heavy atom. The molecule has 1 aromatic rings. The third-order valence-electron chi connectivity index (χ3n) is 2.38. The molecule has 0 unspecified atom stereocenters. The smallest absolute Gasteiger partial charge is 0.352 e. The molecule has 0 radical (unpaired) electrons. The van der Waals surface area contributed by atoms with Gasteiger partial charge in [-0.1, -0.05) is 12.1 Å². The molecule has 1 rings (SSSR count). The summed E-state index contributed by atoms with van der Waals surface area (Å²) in [7, 11) is 0. The lowest BCUT2D eigenvalue weighted by Crippen LogP contribution is -2.23. The molecule has 0 aliphatic carbocycles. The van der Waals surface area contributed by atoms with Gasteiger partial charge < -0.3 is 11.1 Å². The van der Waals surface area contributed by atoms with Crippen LogP contribution in [0.2, 0.25) is 0 Å². The highest BCUT2D eigenvalue weighted by Crippen LogP contribution is 2.28. The lowest BCUT2D eigenvalue weighted by atomic mass is 10.1. The first-order chi connectivity index (χ1) is 8.43. The van der Waals surface area contributed by atoms with E-state index < -0.39 is 11.7 Å². The van der Waals surface area contributed by atoms with Crippen LogP contribution in [0.25, 0.3) is 0 Å². The molecular formula is C12H15F3N2O. The molecule has 3 nitrogen and oxygen atoms in total. The van der Waals surface area contributed by atoms with Crippen LogP contribution in [0.3, 0.4) is 0 Å². The van der Waals surface area contributed by atoms with Crippen LogP contribution in [-0.4, -0.2) is 12.5 Å². The maximum Gasteiger partial charge on any atom is 0.416 e. The Morgan fingerprint density at radius 2 is 1.83 bits per heavy atom. The van der Waals surface area contributed by atoms with Gasteiger partial charge in [-0.2, -0.15) is 13.2 Å². The maximum absolute atomic E-state index is 12.3. The first-order valence-electron chi connectivity index (χ1n) is 5.56. The van der Waals surface area contributed by atoms with Gasteiger partial charge in [0, 0.05) is 13.0 Å². The highest BCUT2D eigenvalue weighted by Gasteiger charge is 2.29. The Balaban J connectivity index is 2.47. The van der Waals surface area contributed by atoms with E-state index in [1.54, 1.807) is 0 Å². The standard InChI is InChI=1S/C12H15F3N2O/c13-12(14,15)10-5-3-9(4-6-10)8-17-11(18)2-1-7-16/h3-6H,1-2,7-8,16H2,(H,17,18). The number of hydrogen-bond acceptors (Lipinski definition) is 2. The lowest BCUT2D eigenvalue weighted by molar-refractivity contribution is -0.137. The number of halogens is 3. The molecule has 0 saturated carbocycles. The first-order valence-corrected chi connectivity index (χ1v) is 5.56. The van der Waals surface area contributed by atoms with Crippen LogP contribution in [0, 0.1) is 0 Å². The van der Waals surface area contributed by atoms with Crippen LogP contribution < -0.4 is 11.1 Å². The summed E-state index contributed by atoms with van der Waals surface area (Å²) >= 11 is 0. The van der Waals surface area contributed by atoms with Crippen molar-refractivity contribution in [3.05, 3.63) is 35.4 Å². The zero-order valence-corrected chi connectivity index (χ0v) is 9.76. The summed E-state index contributed by atoms with van der Waals surface area (Å²) in [6.07, 6.45) is -3.40. The van der Waals surface area contributed by atoms with E-state index in [9.17, 15) is 18.0 Å². The fraction of sp³-hybridized carbons (Fsp3) is 0.417. The topological polar surface area (TPSA) is 55.1 Å². The highest BCUT2D eigenvalue weighted by atomic mass is 19.4. The van der Waals surface area contributed by atoms with Crippen LogP contribution in [0.4, 0.5) is 13.2 Å². The summed E-state index contributed by atoms with van der Waals surface area (Å²) in [6, 6.07) is 4.71. The number of benzene rings is 1. The Hall–Kier alpha value is -1.56. The highest BCUT2D eigenvalue weighted by molar-refractivity contribution is 5.75. The minimum atomic E-state index is -4.33. The number of alkyl halides is 3. The molecule has 0 aromatic heterocycles. The van der Waals surface area contributed by atoms with Crippen LogP contribution in [0.15, 0.2) is 24.3 Å². The van der Waals surface area contributed by atoms with Gasteiger partial charge in [-0.25, -0.2) is 0 Å². The minimum absolute atomic E-state index is 0.152. The second-order valence-corrected chi connectivity index (χ2v) is 3.86. The van der Waals surface area contributed by atoms with Crippen LogP contribution >= 0.6 is 0 Å². The first kappa shape index (κ1) is 14.5. The van der Waals surface area contributed by atoms with E-state index in [0.717, 1.165) is 12.1 Å². The van der Waals surface area contributed by atoms with Crippen LogP contribution in [-0.2, 0) is 17.5 Å². The van der Waals surface area contributed by atoms with Crippen molar-refractivity contribution in [2.75, 3.05) is 6.54 Å². The number of hydrogen-bond donors (Lipinski definition) is 2. The molecule has 1 aromatic carbocycles.